The summed E-state index contributed by atoms with van der Waals surface area (Å²) >= 11 is 0. The smallest absolute Gasteiger partial charge is 0.240 e. The number of hydrogen-bond acceptors (Lipinski definition) is 6. The molecule has 1 atom stereocenters. The van der Waals surface area contributed by atoms with Crippen molar-refractivity contribution in [2.24, 2.45) is 0 Å². The maximum atomic E-state index is 12.7. The molecule has 3 heterocycles. The molecule has 25 heavy (non-hydrogen) atoms. The molecule has 2 aliphatic rings. The Balaban J connectivity index is 1.50. The molecule has 0 bridgehead atoms. The Morgan fingerprint density at radius 3 is 2.80 bits per heavy atom. The van der Waals surface area contributed by atoms with Gasteiger partial charge in [-0.3, -0.25) is 0 Å². The maximum Gasteiger partial charge on any atom is 0.240 e. The fourth-order valence-corrected chi connectivity index (χ4v) is 4.55. The van der Waals surface area contributed by atoms with E-state index in [2.05, 4.69) is 19.5 Å². The number of rotatable bonds is 3. The Morgan fingerprint density at radius 2 is 1.96 bits per heavy atom. The van der Waals surface area contributed by atoms with E-state index in [1.807, 2.05) is 6.92 Å². The fourth-order valence-electron chi connectivity index (χ4n) is 3.23. The van der Waals surface area contributed by atoms with Crippen molar-refractivity contribution in [3.05, 3.63) is 29.8 Å². The van der Waals surface area contributed by atoms with Crippen LogP contribution in [0.1, 0.15) is 24.5 Å². The molecule has 1 aromatic heterocycles. The highest BCUT2D eigenvalue weighted by molar-refractivity contribution is 7.89. The summed E-state index contributed by atoms with van der Waals surface area (Å²) in [5.74, 6) is 2.83. The zero-order valence-corrected chi connectivity index (χ0v) is 14.8. The van der Waals surface area contributed by atoms with E-state index in [9.17, 15) is 8.42 Å². The molecule has 0 radical (unpaired) electrons. The Bertz CT molecular complexity index is 894. The Labute approximate surface area is 146 Å². The van der Waals surface area contributed by atoms with Crippen LogP contribution >= 0.6 is 0 Å². The molecule has 134 valence electrons. The van der Waals surface area contributed by atoms with Crippen LogP contribution in [0.5, 0.6) is 11.5 Å². The first-order chi connectivity index (χ1) is 12.0. The highest BCUT2D eigenvalue weighted by Gasteiger charge is 2.25. The third-order valence-corrected chi connectivity index (χ3v) is 6.09. The molecule has 0 aliphatic carbocycles. The minimum atomic E-state index is -3.62. The lowest BCUT2D eigenvalue weighted by atomic mass is 10.1. The second-order valence-electron chi connectivity index (χ2n) is 6.27. The van der Waals surface area contributed by atoms with E-state index in [-0.39, 0.29) is 10.9 Å². The molecule has 0 fully saturated rings. The summed E-state index contributed by atoms with van der Waals surface area (Å²) in [6.07, 6.45) is 2.10. The van der Waals surface area contributed by atoms with Gasteiger partial charge in [-0.25, -0.2) is 13.1 Å². The van der Waals surface area contributed by atoms with Gasteiger partial charge in [-0.05, 0) is 31.9 Å². The molecular weight excluding hydrogens is 344 g/mol. The lowest BCUT2D eigenvalue weighted by Crippen LogP contribution is -2.35. The van der Waals surface area contributed by atoms with E-state index in [4.69, 9.17) is 9.47 Å². The summed E-state index contributed by atoms with van der Waals surface area (Å²) in [5.41, 5.74) is 0. The minimum absolute atomic E-state index is 0.140. The number of hydrogen-bond donors (Lipinski definition) is 1. The molecule has 1 aromatic carbocycles. The van der Waals surface area contributed by atoms with Crippen LogP contribution in [0.25, 0.3) is 0 Å². The molecule has 1 unspecified atom stereocenters. The standard InChI is InChI=1S/C16H20N4O4S/c1-11-17-18-16-5-2-12(6-7-20(11)16)19-25(21,22)13-3-4-14-15(10-13)24-9-8-23-14/h3-4,10,12,19H,2,5-9H2,1H3. The van der Waals surface area contributed by atoms with Crippen LogP contribution in [0.2, 0.25) is 0 Å². The van der Waals surface area contributed by atoms with Crippen LogP contribution in [0, 0.1) is 6.92 Å². The lowest BCUT2D eigenvalue weighted by Gasteiger charge is -2.20. The summed E-state index contributed by atoms with van der Waals surface area (Å²) in [6.45, 7) is 3.52. The number of nitrogens with zero attached hydrogens (tertiary/aromatic N) is 3. The number of sulfonamides is 1. The summed E-state index contributed by atoms with van der Waals surface area (Å²) in [4.78, 5) is 0.191. The van der Waals surface area contributed by atoms with E-state index in [0.29, 0.717) is 50.5 Å². The van der Waals surface area contributed by atoms with Gasteiger partial charge in [-0.1, -0.05) is 0 Å². The zero-order chi connectivity index (χ0) is 17.4. The Hall–Kier alpha value is -2.13. The van der Waals surface area contributed by atoms with Gasteiger partial charge in [0.25, 0.3) is 0 Å². The highest BCUT2D eigenvalue weighted by atomic mass is 32.2. The van der Waals surface area contributed by atoms with Crippen molar-refractivity contribution in [2.45, 2.75) is 43.7 Å². The van der Waals surface area contributed by atoms with Crippen LogP contribution in [-0.2, 0) is 23.0 Å². The average Bonchev–Trinajstić information content (AvgIpc) is 2.84. The monoisotopic (exact) mass is 364 g/mol. The third-order valence-electron chi connectivity index (χ3n) is 4.58. The molecule has 2 aromatic rings. The molecular formula is C16H20N4O4S. The van der Waals surface area contributed by atoms with Crippen molar-refractivity contribution in [3.8, 4) is 11.5 Å². The largest absolute Gasteiger partial charge is 0.486 e. The second-order valence-corrected chi connectivity index (χ2v) is 7.98. The normalized spacial score (nSPS) is 20.0. The first kappa shape index (κ1) is 16.3. The van der Waals surface area contributed by atoms with Crippen LogP contribution in [-0.4, -0.2) is 42.4 Å². The number of ether oxygens (including phenoxy) is 2. The summed E-state index contributed by atoms with van der Waals surface area (Å²) in [7, 11) is -3.62. The van der Waals surface area contributed by atoms with Crippen molar-refractivity contribution in [1.29, 1.82) is 0 Å². The van der Waals surface area contributed by atoms with Crippen LogP contribution in [0.15, 0.2) is 23.1 Å². The van der Waals surface area contributed by atoms with Crippen molar-refractivity contribution < 1.29 is 17.9 Å². The molecule has 0 saturated carbocycles. The number of aryl methyl sites for hydroxylation is 2. The third kappa shape index (κ3) is 3.21. The predicted molar refractivity (Wildman–Crippen MR) is 89.2 cm³/mol. The molecule has 9 heteroatoms. The van der Waals surface area contributed by atoms with Crippen LogP contribution < -0.4 is 14.2 Å². The van der Waals surface area contributed by atoms with Gasteiger partial charge in [-0.2, -0.15) is 0 Å². The van der Waals surface area contributed by atoms with Gasteiger partial charge < -0.3 is 14.0 Å². The first-order valence-corrected chi connectivity index (χ1v) is 9.82. The zero-order valence-electron chi connectivity index (χ0n) is 13.9. The van der Waals surface area contributed by atoms with Gasteiger partial charge in [-0.15, -0.1) is 10.2 Å². The van der Waals surface area contributed by atoms with Crippen molar-refractivity contribution >= 4 is 10.0 Å². The quantitative estimate of drug-likeness (QED) is 0.874. The van der Waals surface area contributed by atoms with Crippen LogP contribution in [0.4, 0.5) is 0 Å². The van der Waals surface area contributed by atoms with Crippen LogP contribution in [0.3, 0.4) is 0 Å². The van der Waals surface area contributed by atoms with Gasteiger partial charge in [0.1, 0.15) is 24.9 Å². The van der Waals surface area contributed by atoms with Gasteiger partial charge in [0, 0.05) is 25.1 Å². The average molecular weight is 364 g/mol. The number of nitrogens with one attached hydrogen (secondary N) is 1. The van der Waals surface area contributed by atoms with Gasteiger partial charge in [0.05, 0.1) is 4.90 Å². The van der Waals surface area contributed by atoms with Gasteiger partial charge >= 0.3 is 0 Å². The Kier molecular flexibility index (Phi) is 4.12. The maximum absolute atomic E-state index is 12.7. The summed E-state index contributed by atoms with van der Waals surface area (Å²) < 4.78 is 41.3. The fraction of sp³-hybridized carbons (Fsp3) is 0.500. The topological polar surface area (TPSA) is 95.3 Å². The number of aromatic nitrogens is 3. The Morgan fingerprint density at radius 1 is 1.16 bits per heavy atom. The van der Waals surface area contributed by atoms with Crippen molar-refractivity contribution in [1.82, 2.24) is 19.5 Å². The molecule has 0 spiro atoms. The molecule has 8 nitrogen and oxygen atoms in total. The van der Waals surface area contributed by atoms with Gasteiger partial charge in [0.2, 0.25) is 10.0 Å². The second kappa shape index (κ2) is 6.30. The molecule has 2 aliphatic heterocycles. The van der Waals surface area contributed by atoms with E-state index in [1.54, 1.807) is 12.1 Å². The van der Waals surface area contributed by atoms with E-state index >= 15 is 0 Å². The number of fused-ring (bicyclic) bond motifs is 2. The molecule has 0 amide bonds. The molecule has 1 N–H and O–H groups in total. The summed E-state index contributed by atoms with van der Waals surface area (Å²) in [5, 5.41) is 8.24. The predicted octanol–water partition coefficient (Wildman–Crippen LogP) is 1.04. The molecule has 0 saturated heterocycles. The number of benzene rings is 1. The lowest BCUT2D eigenvalue weighted by molar-refractivity contribution is 0.171. The van der Waals surface area contributed by atoms with Crippen molar-refractivity contribution in [3.63, 3.8) is 0 Å². The highest BCUT2D eigenvalue weighted by Crippen LogP contribution is 2.32. The van der Waals surface area contributed by atoms with Gasteiger partial charge in [0.15, 0.2) is 11.5 Å². The first-order valence-electron chi connectivity index (χ1n) is 8.33. The summed E-state index contributed by atoms with van der Waals surface area (Å²) in [6, 6.07) is 4.57. The van der Waals surface area contributed by atoms with E-state index in [0.717, 1.165) is 11.6 Å². The SMILES string of the molecule is Cc1nnc2n1CCC(NS(=O)(=O)c1ccc3c(c1)OCCO3)CC2. The van der Waals surface area contributed by atoms with E-state index < -0.39 is 10.0 Å². The molecule has 4 rings (SSSR count). The minimum Gasteiger partial charge on any atom is -0.486 e. The van der Waals surface area contributed by atoms with Crippen molar-refractivity contribution in [2.75, 3.05) is 13.2 Å². The van der Waals surface area contributed by atoms with E-state index in [1.165, 1.54) is 6.07 Å².